The molecule has 1 unspecified atom stereocenters. The van der Waals surface area contributed by atoms with E-state index < -0.39 is 0 Å². The fraction of sp³-hybridized carbons (Fsp3) is 0.500. The van der Waals surface area contributed by atoms with Crippen LogP contribution in [0.3, 0.4) is 0 Å². The summed E-state index contributed by atoms with van der Waals surface area (Å²) in [6, 6.07) is 8.14. The molecule has 1 aliphatic carbocycles. The molecule has 4 nitrogen and oxygen atoms in total. The summed E-state index contributed by atoms with van der Waals surface area (Å²) in [5.41, 5.74) is 2.15. The molecule has 0 amide bonds. The Balaban J connectivity index is 2.26. The lowest BCUT2D eigenvalue weighted by atomic mass is 9.75. The van der Waals surface area contributed by atoms with Gasteiger partial charge in [-0.2, -0.15) is 0 Å². The fourth-order valence-electron chi connectivity index (χ4n) is 3.09. The number of carbonyl (C=O) groups excluding carboxylic acids is 2. The van der Waals surface area contributed by atoms with Gasteiger partial charge in [-0.15, -0.1) is 0 Å². The van der Waals surface area contributed by atoms with Crippen molar-refractivity contribution in [2.24, 2.45) is 0 Å². The van der Waals surface area contributed by atoms with E-state index in [0.29, 0.717) is 19.3 Å². The van der Waals surface area contributed by atoms with Crippen LogP contribution in [0.5, 0.6) is 0 Å². The monoisotopic (exact) mass is 276 g/mol. The summed E-state index contributed by atoms with van der Waals surface area (Å²) in [5.74, 6) is -0.467. The number of hydrogen-bond acceptors (Lipinski definition) is 4. The zero-order valence-corrected chi connectivity index (χ0v) is 12.0. The molecule has 0 bridgehead atoms. The van der Waals surface area contributed by atoms with E-state index in [1.165, 1.54) is 25.3 Å². The van der Waals surface area contributed by atoms with Gasteiger partial charge in [-0.1, -0.05) is 24.3 Å². The van der Waals surface area contributed by atoms with Crippen molar-refractivity contribution in [3.63, 3.8) is 0 Å². The predicted molar refractivity (Wildman–Crippen MR) is 74.3 cm³/mol. The van der Waals surface area contributed by atoms with Crippen LogP contribution in [0.2, 0.25) is 0 Å². The Morgan fingerprint density at radius 1 is 1.15 bits per heavy atom. The van der Waals surface area contributed by atoms with E-state index in [4.69, 9.17) is 9.47 Å². The Hall–Kier alpha value is -1.84. The normalized spacial score (nSPS) is 20.3. The first-order valence-corrected chi connectivity index (χ1v) is 6.83. The van der Waals surface area contributed by atoms with Crippen molar-refractivity contribution in [2.45, 2.75) is 37.5 Å². The van der Waals surface area contributed by atoms with Gasteiger partial charge in [0.2, 0.25) is 0 Å². The third kappa shape index (κ3) is 2.84. The van der Waals surface area contributed by atoms with Crippen LogP contribution in [0.15, 0.2) is 24.3 Å². The number of hydrogen-bond donors (Lipinski definition) is 0. The molecule has 1 aromatic carbocycles. The topological polar surface area (TPSA) is 52.6 Å². The van der Waals surface area contributed by atoms with Crippen LogP contribution in [0, 0.1) is 0 Å². The van der Waals surface area contributed by atoms with E-state index in [2.05, 4.69) is 12.1 Å². The highest BCUT2D eigenvalue weighted by atomic mass is 16.5. The van der Waals surface area contributed by atoms with Gasteiger partial charge in [0.1, 0.15) is 0 Å². The third-order valence-corrected chi connectivity index (χ3v) is 4.21. The number of esters is 2. The minimum absolute atomic E-state index is 0.230. The molecule has 0 aliphatic heterocycles. The molecule has 0 aromatic heterocycles. The van der Waals surface area contributed by atoms with Crippen molar-refractivity contribution < 1.29 is 19.1 Å². The van der Waals surface area contributed by atoms with Gasteiger partial charge in [-0.25, -0.2) is 0 Å². The summed E-state index contributed by atoms with van der Waals surface area (Å²) in [6.45, 7) is 0. The second-order valence-corrected chi connectivity index (χ2v) is 5.27. The highest BCUT2D eigenvalue weighted by molar-refractivity contribution is 5.73. The highest BCUT2D eigenvalue weighted by Gasteiger charge is 2.40. The van der Waals surface area contributed by atoms with E-state index in [1.807, 2.05) is 12.1 Å². The minimum Gasteiger partial charge on any atom is -0.469 e. The van der Waals surface area contributed by atoms with Crippen molar-refractivity contribution >= 4 is 11.9 Å². The summed E-state index contributed by atoms with van der Waals surface area (Å²) in [7, 11) is 2.79. The molecule has 0 N–H and O–H groups in total. The van der Waals surface area contributed by atoms with E-state index in [0.717, 1.165) is 12.8 Å². The summed E-state index contributed by atoms with van der Waals surface area (Å²) < 4.78 is 9.55. The van der Waals surface area contributed by atoms with Crippen LogP contribution in [-0.4, -0.2) is 26.2 Å². The van der Waals surface area contributed by atoms with Crippen LogP contribution in [-0.2, 0) is 30.9 Å². The smallest absolute Gasteiger partial charge is 0.306 e. The first-order chi connectivity index (χ1) is 9.61. The van der Waals surface area contributed by atoms with Crippen LogP contribution < -0.4 is 0 Å². The quantitative estimate of drug-likeness (QED) is 0.775. The minimum atomic E-state index is -0.294. The maximum absolute atomic E-state index is 11.8. The molecule has 0 saturated carbocycles. The van der Waals surface area contributed by atoms with Gasteiger partial charge in [0.25, 0.3) is 0 Å². The molecule has 0 spiro atoms. The average Bonchev–Trinajstić information content (AvgIpc) is 2.84. The Morgan fingerprint density at radius 2 is 1.85 bits per heavy atom. The van der Waals surface area contributed by atoms with Gasteiger partial charge in [-0.05, 0) is 30.4 Å². The molecule has 1 aromatic rings. The Morgan fingerprint density at radius 3 is 2.55 bits per heavy atom. The third-order valence-electron chi connectivity index (χ3n) is 4.21. The zero-order chi connectivity index (χ0) is 14.6. The summed E-state index contributed by atoms with van der Waals surface area (Å²) in [5, 5.41) is 0. The first kappa shape index (κ1) is 14.6. The van der Waals surface area contributed by atoms with Crippen LogP contribution >= 0.6 is 0 Å². The molecule has 0 heterocycles. The number of methoxy groups -OCH3 is 2. The zero-order valence-electron chi connectivity index (χ0n) is 12.0. The average molecular weight is 276 g/mol. The van der Waals surface area contributed by atoms with E-state index >= 15 is 0 Å². The van der Waals surface area contributed by atoms with Gasteiger partial charge in [-0.3, -0.25) is 9.59 Å². The molecule has 0 saturated heterocycles. The molecule has 1 atom stereocenters. The lowest BCUT2D eigenvalue weighted by molar-refractivity contribution is -0.144. The Kier molecular flexibility index (Phi) is 4.42. The van der Waals surface area contributed by atoms with Gasteiger partial charge >= 0.3 is 11.9 Å². The van der Waals surface area contributed by atoms with E-state index in [-0.39, 0.29) is 17.4 Å². The summed E-state index contributed by atoms with van der Waals surface area (Å²) in [6.07, 6.45) is 3.07. The summed E-state index contributed by atoms with van der Waals surface area (Å²) >= 11 is 0. The summed E-state index contributed by atoms with van der Waals surface area (Å²) in [4.78, 5) is 23.2. The fourth-order valence-corrected chi connectivity index (χ4v) is 3.09. The predicted octanol–water partition coefficient (Wildman–Crippen LogP) is 2.39. The number of rotatable bonds is 5. The van der Waals surface area contributed by atoms with Crippen LogP contribution in [0.1, 0.15) is 36.8 Å². The highest BCUT2D eigenvalue weighted by Crippen LogP contribution is 2.45. The molecule has 1 aliphatic rings. The van der Waals surface area contributed by atoms with Gasteiger partial charge < -0.3 is 9.47 Å². The second-order valence-electron chi connectivity index (χ2n) is 5.27. The first-order valence-electron chi connectivity index (χ1n) is 6.83. The lowest BCUT2D eigenvalue weighted by Gasteiger charge is -2.29. The molecular formula is C16H20O4. The number of ether oxygens (including phenoxy) is 2. The van der Waals surface area contributed by atoms with Gasteiger partial charge in [0, 0.05) is 11.8 Å². The largest absolute Gasteiger partial charge is 0.469 e. The molecule has 20 heavy (non-hydrogen) atoms. The number of benzene rings is 1. The van der Waals surface area contributed by atoms with Crippen molar-refractivity contribution in [1.82, 2.24) is 0 Å². The van der Waals surface area contributed by atoms with Crippen molar-refractivity contribution in [1.29, 1.82) is 0 Å². The molecule has 108 valence electrons. The molecule has 2 rings (SSSR count). The van der Waals surface area contributed by atoms with Crippen molar-refractivity contribution in [3.8, 4) is 0 Å². The standard InChI is InChI=1S/C16H20O4/c1-19-14(17)8-10-16(11-15(18)20-2)9-7-12-5-3-4-6-13(12)16/h3-6H,7-11H2,1-2H3. The maximum Gasteiger partial charge on any atom is 0.306 e. The van der Waals surface area contributed by atoms with Crippen molar-refractivity contribution in [3.05, 3.63) is 35.4 Å². The Labute approximate surface area is 119 Å². The number of fused-ring (bicyclic) bond motifs is 1. The maximum atomic E-state index is 11.8. The van der Waals surface area contributed by atoms with Gasteiger partial charge in [0.15, 0.2) is 0 Å². The van der Waals surface area contributed by atoms with E-state index in [1.54, 1.807) is 0 Å². The molecular weight excluding hydrogens is 256 g/mol. The molecule has 0 radical (unpaired) electrons. The second kappa shape index (κ2) is 6.07. The molecule has 0 fully saturated rings. The van der Waals surface area contributed by atoms with Gasteiger partial charge in [0.05, 0.1) is 20.6 Å². The SMILES string of the molecule is COC(=O)CCC1(CC(=O)OC)CCc2ccccc21. The van der Waals surface area contributed by atoms with E-state index in [9.17, 15) is 9.59 Å². The number of carbonyl (C=O) groups is 2. The van der Waals surface area contributed by atoms with Crippen LogP contribution in [0.25, 0.3) is 0 Å². The Bertz CT molecular complexity index is 509. The number of aryl methyl sites for hydroxylation is 1. The molecule has 4 heteroatoms. The van der Waals surface area contributed by atoms with Crippen LogP contribution in [0.4, 0.5) is 0 Å². The lowest BCUT2D eigenvalue weighted by Crippen LogP contribution is -2.28. The van der Waals surface area contributed by atoms with Crippen molar-refractivity contribution in [2.75, 3.05) is 14.2 Å².